The number of ether oxygens (including phenoxy) is 2. The number of amides is 1. The van der Waals surface area contributed by atoms with Gasteiger partial charge in [0.2, 0.25) is 0 Å². The lowest BCUT2D eigenvalue weighted by Crippen LogP contribution is -2.12. The van der Waals surface area contributed by atoms with Gasteiger partial charge in [0.15, 0.2) is 17.3 Å². The molecule has 1 amide bonds. The first-order valence-corrected chi connectivity index (χ1v) is 10.0. The van der Waals surface area contributed by atoms with Crippen LogP contribution >= 0.6 is 0 Å². The van der Waals surface area contributed by atoms with Gasteiger partial charge in [-0.2, -0.15) is 0 Å². The maximum atomic E-state index is 13.5. The van der Waals surface area contributed by atoms with Crippen molar-refractivity contribution in [2.45, 2.75) is 0 Å². The molecule has 0 unspecified atom stereocenters. The van der Waals surface area contributed by atoms with Gasteiger partial charge in [-0.1, -0.05) is 12.1 Å². The number of halogens is 1. The topological polar surface area (TPSA) is 85.4 Å². The maximum Gasteiger partial charge on any atom is 0.255 e. The Balaban J connectivity index is 1.44. The highest BCUT2D eigenvalue weighted by Gasteiger charge is 2.10. The summed E-state index contributed by atoms with van der Waals surface area (Å²) in [6, 6.07) is 19.9. The first-order valence-electron chi connectivity index (χ1n) is 10.0. The van der Waals surface area contributed by atoms with Crippen molar-refractivity contribution in [2.75, 3.05) is 24.9 Å². The van der Waals surface area contributed by atoms with Gasteiger partial charge in [-0.05, 0) is 54.6 Å². The minimum Gasteiger partial charge on any atom is -0.493 e. The highest BCUT2D eigenvalue weighted by molar-refractivity contribution is 6.04. The van der Waals surface area contributed by atoms with Crippen LogP contribution in [0.5, 0.6) is 11.5 Å². The standard InChI is InChI=1S/C25H21FN4O3/c1-32-21-11-10-20(15-22(21)33-2)29-25(31)16-6-8-19(9-7-16)28-23-12-13-27-24(30-23)17-4-3-5-18(26)14-17/h3-15H,1-2H3,(H,29,31)(H,27,28,30). The van der Waals surface area contributed by atoms with Crippen LogP contribution in [0, 0.1) is 5.82 Å². The van der Waals surface area contributed by atoms with Crippen molar-refractivity contribution >= 4 is 23.1 Å². The highest BCUT2D eigenvalue weighted by atomic mass is 19.1. The zero-order chi connectivity index (χ0) is 23.2. The Kier molecular flexibility index (Phi) is 6.45. The molecule has 0 fully saturated rings. The Morgan fingerprint density at radius 2 is 1.64 bits per heavy atom. The molecule has 1 heterocycles. The molecule has 4 aromatic rings. The summed E-state index contributed by atoms with van der Waals surface area (Å²) < 4.78 is 24.0. The Morgan fingerprint density at radius 3 is 2.36 bits per heavy atom. The molecule has 0 saturated carbocycles. The smallest absolute Gasteiger partial charge is 0.255 e. The Morgan fingerprint density at radius 1 is 0.879 bits per heavy atom. The lowest BCUT2D eigenvalue weighted by Gasteiger charge is -2.11. The SMILES string of the molecule is COc1ccc(NC(=O)c2ccc(Nc3ccnc(-c4cccc(F)c4)n3)cc2)cc1OC. The molecule has 0 aliphatic heterocycles. The molecule has 0 spiro atoms. The number of carbonyl (C=O) groups excluding carboxylic acids is 1. The zero-order valence-corrected chi connectivity index (χ0v) is 18.0. The van der Waals surface area contributed by atoms with Crippen LogP contribution < -0.4 is 20.1 Å². The molecule has 0 aliphatic carbocycles. The lowest BCUT2D eigenvalue weighted by atomic mass is 10.2. The predicted octanol–water partition coefficient (Wildman–Crippen LogP) is 5.30. The molecule has 3 aromatic carbocycles. The molecular formula is C25H21FN4O3. The van der Waals surface area contributed by atoms with E-state index in [0.717, 1.165) is 5.69 Å². The molecule has 4 rings (SSSR count). The molecular weight excluding hydrogens is 423 g/mol. The van der Waals surface area contributed by atoms with Gasteiger partial charge in [0, 0.05) is 34.8 Å². The van der Waals surface area contributed by atoms with Gasteiger partial charge in [0.25, 0.3) is 5.91 Å². The Labute approximate surface area is 190 Å². The van der Waals surface area contributed by atoms with Crippen molar-refractivity contribution in [1.29, 1.82) is 0 Å². The van der Waals surface area contributed by atoms with Crippen molar-refractivity contribution in [3.8, 4) is 22.9 Å². The van der Waals surface area contributed by atoms with E-state index < -0.39 is 0 Å². The fraction of sp³-hybridized carbons (Fsp3) is 0.0800. The molecule has 0 saturated heterocycles. The Hall–Kier alpha value is -4.46. The van der Waals surface area contributed by atoms with Gasteiger partial charge >= 0.3 is 0 Å². The second-order valence-electron chi connectivity index (χ2n) is 7.00. The number of hydrogen-bond donors (Lipinski definition) is 2. The Bertz CT molecular complexity index is 1280. The van der Waals surface area contributed by atoms with E-state index in [-0.39, 0.29) is 11.7 Å². The van der Waals surface area contributed by atoms with Crippen molar-refractivity contribution in [1.82, 2.24) is 9.97 Å². The third kappa shape index (κ3) is 5.24. The van der Waals surface area contributed by atoms with E-state index in [1.165, 1.54) is 19.2 Å². The highest BCUT2D eigenvalue weighted by Crippen LogP contribution is 2.30. The summed E-state index contributed by atoms with van der Waals surface area (Å²) in [7, 11) is 3.09. The molecule has 8 heteroatoms. The second-order valence-corrected chi connectivity index (χ2v) is 7.00. The van der Waals surface area contributed by atoms with E-state index in [0.29, 0.717) is 40.0 Å². The summed E-state index contributed by atoms with van der Waals surface area (Å²) in [6.45, 7) is 0. The van der Waals surface area contributed by atoms with Gasteiger partial charge in [0.05, 0.1) is 14.2 Å². The fourth-order valence-electron chi connectivity index (χ4n) is 3.17. The molecule has 166 valence electrons. The average Bonchev–Trinajstić information content (AvgIpc) is 2.84. The molecule has 0 radical (unpaired) electrons. The first-order chi connectivity index (χ1) is 16.1. The summed E-state index contributed by atoms with van der Waals surface area (Å²) in [5, 5.41) is 6.00. The molecule has 0 bridgehead atoms. The van der Waals surface area contributed by atoms with Crippen molar-refractivity contribution in [3.63, 3.8) is 0 Å². The quantitative estimate of drug-likeness (QED) is 0.403. The molecule has 0 aliphatic rings. The molecule has 1 aromatic heterocycles. The monoisotopic (exact) mass is 444 g/mol. The van der Waals surface area contributed by atoms with E-state index in [1.807, 2.05) is 0 Å². The number of rotatable bonds is 7. The van der Waals surface area contributed by atoms with Gasteiger partial charge in [-0.25, -0.2) is 14.4 Å². The van der Waals surface area contributed by atoms with Gasteiger partial charge in [-0.3, -0.25) is 4.79 Å². The van der Waals surface area contributed by atoms with Crippen molar-refractivity contribution in [2.24, 2.45) is 0 Å². The van der Waals surface area contributed by atoms with E-state index in [9.17, 15) is 9.18 Å². The van der Waals surface area contributed by atoms with Crippen LogP contribution in [0.25, 0.3) is 11.4 Å². The molecule has 7 nitrogen and oxygen atoms in total. The number of benzene rings is 3. The van der Waals surface area contributed by atoms with Crippen LogP contribution in [0.15, 0.2) is 79.0 Å². The number of carbonyl (C=O) groups is 1. The number of hydrogen-bond acceptors (Lipinski definition) is 6. The second kappa shape index (κ2) is 9.78. The molecule has 33 heavy (non-hydrogen) atoms. The minimum absolute atomic E-state index is 0.260. The van der Waals surface area contributed by atoms with Crippen LogP contribution in [-0.2, 0) is 0 Å². The van der Waals surface area contributed by atoms with Crippen LogP contribution in [0.1, 0.15) is 10.4 Å². The molecule has 0 atom stereocenters. The molecule has 2 N–H and O–H groups in total. The number of nitrogens with one attached hydrogen (secondary N) is 2. The summed E-state index contributed by atoms with van der Waals surface area (Å²) in [5.41, 5.74) is 2.39. The van der Waals surface area contributed by atoms with Gasteiger partial charge in [0.1, 0.15) is 11.6 Å². The largest absolute Gasteiger partial charge is 0.493 e. The third-order valence-corrected chi connectivity index (χ3v) is 4.80. The predicted molar refractivity (Wildman–Crippen MR) is 125 cm³/mol. The van der Waals surface area contributed by atoms with E-state index in [4.69, 9.17) is 9.47 Å². The van der Waals surface area contributed by atoms with Gasteiger partial charge < -0.3 is 20.1 Å². The number of methoxy groups -OCH3 is 2. The summed E-state index contributed by atoms with van der Waals surface area (Å²) >= 11 is 0. The summed E-state index contributed by atoms with van der Waals surface area (Å²) in [5.74, 6) is 1.45. The van der Waals surface area contributed by atoms with Crippen molar-refractivity contribution in [3.05, 3.63) is 90.4 Å². The van der Waals surface area contributed by atoms with Crippen LogP contribution in [-0.4, -0.2) is 30.1 Å². The number of nitrogens with zero attached hydrogens (tertiary/aromatic N) is 2. The van der Waals surface area contributed by atoms with Crippen LogP contribution in [0.3, 0.4) is 0 Å². The third-order valence-electron chi connectivity index (χ3n) is 4.80. The number of aromatic nitrogens is 2. The maximum absolute atomic E-state index is 13.5. The zero-order valence-electron chi connectivity index (χ0n) is 18.0. The van der Waals surface area contributed by atoms with E-state index in [1.54, 1.807) is 74.0 Å². The van der Waals surface area contributed by atoms with Crippen LogP contribution in [0.2, 0.25) is 0 Å². The number of anilines is 3. The fourth-order valence-corrected chi connectivity index (χ4v) is 3.17. The summed E-state index contributed by atoms with van der Waals surface area (Å²) in [6.07, 6.45) is 1.60. The van der Waals surface area contributed by atoms with E-state index in [2.05, 4.69) is 20.6 Å². The lowest BCUT2D eigenvalue weighted by molar-refractivity contribution is 0.102. The normalized spacial score (nSPS) is 10.4. The van der Waals surface area contributed by atoms with E-state index >= 15 is 0 Å². The van der Waals surface area contributed by atoms with Crippen LogP contribution in [0.4, 0.5) is 21.6 Å². The average molecular weight is 444 g/mol. The van der Waals surface area contributed by atoms with Crippen molar-refractivity contribution < 1.29 is 18.7 Å². The minimum atomic E-state index is -0.351. The first kappa shape index (κ1) is 21.8. The van der Waals surface area contributed by atoms with Gasteiger partial charge in [-0.15, -0.1) is 0 Å². The summed E-state index contributed by atoms with van der Waals surface area (Å²) in [4.78, 5) is 21.3.